The van der Waals surface area contributed by atoms with E-state index in [1.54, 1.807) is 57.3 Å². The molecule has 10 nitrogen and oxygen atoms in total. The number of anilines is 1. The van der Waals surface area contributed by atoms with Gasteiger partial charge < -0.3 is 25.2 Å². The van der Waals surface area contributed by atoms with Gasteiger partial charge in [-0.2, -0.15) is 0 Å². The van der Waals surface area contributed by atoms with Gasteiger partial charge in [0.05, 0.1) is 15.9 Å². The molecular formula is C32H38N4O6S2. The van der Waals surface area contributed by atoms with Crippen LogP contribution in [0.4, 0.5) is 10.5 Å². The average molecular weight is 639 g/mol. The van der Waals surface area contributed by atoms with Gasteiger partial charge in [0.1, 0.15) is 11.6 Å². The summed E-state index contributed by atoms with van der Waals surface area (Å²) in [4.78, 5) is 17.6. The van der Waals surface area contributed by atoms with Gasteiger partial charge in [0, 0.05) is 35.1 Å². The highest BCUT2D eigenvalue weighted by atomic mass is 32.2. The van der Waals surface area contributed by atoms with E-state index >= 15 is 0 Å². The Morgan fingerprint density at radius 2 is 1.70 bits per heavy atom. The number of ether oxygens (including phenoxy) is 2. The predicted octanol–water partition coefficient (Wildman–Crippen LogP) is 6.09. The first-order valence-electron chi connectivity index (χ1n) is 14.1. The van der Waals surface area contributed by atoms with Crippen LogP contribution in [0.15, 0.2) is 83.9 Å². The standard InChI is InChI=1S/C32H38N4O6S2/c1-21(2)42-31(38)35-25-14-12-24(13-15-25)29-33-19-27(43-29)26-16-11-23(17-28(26)44(39,40)36-32(3,4)5)18-34-30(37)41-20-22-9-7-6-8-10-22/h6-17,19,21,31,35-36,38H,18,20H2,1-5H3,(H,34,37). The number of aromatic nitrogens is 1. The van der Waals surface area contributed by atoms with E-state index in [-0.39, 0.29) is 24.2 Å². The van der Waals surface area contributed by atoms with Gasteiger partial charge in [0.15, 0.2) is 0 Å². The minimum absolute atomic E-state index is 0.0805. The van der Waals surface area contributed by atoms with Crippen molar-refractivity contribution in [2.75, 3.05) is 5.32 Å². The number of hydrogen-bond acceptors (Lipinski definition) is 9. The number of aliphatic hydroxyl groups excluding tert-OH is 1. The molecule has 0 spiro atoms. The molecule has 0 radical (unpaired) electrons. The third-order valence-electron chi connectivity index (χ3n) is 6.02. The van der Waals surface area contributed by atoms with Gasteiger partial charge in [-0.25, -0.2) is 22.9 Å². The molecule has 4 aromatic rings. The highest BCUT2D eigenvalue weighted by molar-refractivity contribution is 7.89. The molecule has 0 saturated carbocycles. The molecule has 1 aromatic heterocycles. The average Bonchev–Trinajstić information content (AvgIpc) is 3.44. The molecule has 0 aliphatic carbocycles. The number of aliphatic hydroxyl groups is 1. The van der Waals surface area contributed by atoms with Crippen LogP contribution in [0.25, 0.3) is 21.0 Å². The van der Waals surface area contributed by atoms with Crippen LogP contribution in [0.1, 0.15) is 45.7 Å². The van der Waals surface area contributed by atoms with Gasteiger partial charge >= 0.3 is 6.09 Å². The number of sulfonamides is 1. The van der Waals surface area contributed by atoms with E-state index in [1.165, 1.54) is 11.3 Å². The summed E-state index contributed by atoms with van der Waals surface area (Å²) in [6, 6.07) is 21.7. The lowest BCUT2D eigenvalue weighted by atomic mass is 10.1. The van der Waals surface area contributed by atoms with Crippen LogP contribution in [0, 0.1) is 0 Å². The maximum Gasteiger partial charge on any atom is 0.407 e. The molecule has 1 amide bonds. The zero-order valence-electron chi connectivity index (χ0n) is 25.3. The number of benzene rings is 3. The van der Waals surface area contributed by atoms with Gasteiger partial charge in [-0.05, 0) is 76.1 Å². The molecule has 4 rings (SSSR count). The first kappa shape index (κ1) is 33.1. The fourth-order valence-electron chi connectivity index (χ4n) is 4.18. The minimum atomic E-state index is -3.94. The second-order valence-electron chi connectivity index (χ2n) is 11.4. The molecule has 4 N–H and O–H groups in total. The number of hydrogen-bond donors (Lipinski definition) is 4. The van der Waals surface area contributed by atoms with Crippen LogP contribution >= 0.6 is 11.3 Å². The third kappa shape index (κ3) is 9.60. The number of nitrogens with zero attached hydrogens (tertiary/aromatic N) is 1. The predicted molar refractivity (Wildman–Crippen MR) is 172 cm³/mol. The smallest absolute Gasteiger partial charge is 0.407 e. The largest absolute Gasteiger partial charge is 0.445 e. The number of carbonyl (C=O) groups excluding carboxylic acids is 1. The van der Waals surface area contributed by atoms with E-state index in [2.05, 4.69) is 20.3 Å². The van der Waals surface area contributed by atoms with Gasteiger partial charge in [-0.15, -0.1) is 11.3 Å². The van der Waals surface area contributed by atoms with E-state index in [1.807, 2.05) is 56.3 Å². The first-order chi connectivity index (χ1) is 20.8. The molecule has 0 aliphatic rings. The Hall–Kier alpha value is -3.81. The number of alkyl carbamates (subject to hydrolysis) is 1. The maximum absolute atomic E-state index is 13.6. The summed E-state index contributed by atoms with van der Waals surface area (Å²) < 4.78 is 40.5. The molecule has 234 valence electrons. The van der Waals surface area contributed by atoms with E-state index in [0.717, 1.165) is 11.1 Å². The maximum atomic E-state index is 13.6. The van der Waals surface area contributed by atoms with Crippen molar-refractivity contribution >= 4 is 33.1 Å². The van der Waals surface area contributed by atoms with Crippen LogP contribution in [0.3, 0.4) is 0 Å². The number of thiazole rings is 1. The first-order valence-corrected chi connectivity index (χ1v) is 16.4. The monoisotopic (exact) mass is 638 g/mol. The minimum Gasteiger partial charge on any atom is -0.445 e. The van der Waals surface area contributed by atoms with Crippen molar-refractivity contribution < 1.29 is 27.8 Å². The summed E-state index contributed by atoms with van der Waals surface area (Å²) in [6.45, 7) is 9.19. The quantitative estimate of drug-likeness (QED) is 0.137. The Morgan fingerprint density at radius 1 is 1.00 bits per heavy atom. The molecule has 12 heteroatoms. The number of nitrogens with one attached hydrogen (secondary N) is 3. The van der Waals surface area contributed by atoms with Crippen LogP contribution in [-0.4, -0.2) is 42.7 Å². The van der Waals surface area contributed by atoms with Crippen molar-refractivity contribution in [3.8, 4) is 21.0 Å². The van der Waals surface area contributed by atoms with Crippen molar-refractivity contribution in [1.82, 2.24) is 15.0 Å². The molecule has 0 aliphatic heterocycles. The van der Waals surface area contributed by atoms with Crippen LogP contribution in [0.5, 0.6) is 0 Å². The summed E-state index contributed by atoms with van der Waals surface area (Å²) in [6.07, 6.45) is -0.223. The van der Waals surface area contributed by atoms with Gasteiger partial charge in [0.25, 0.3) is 0 Å². The zero-order valence-corrected chi connectivity index (χ0v) is 27.0. The Kier molecular flexibility index (Phi) is 10.8. The lowest BCUT2D eigenvalue weighted by Gasteiger charge is -2.22. The molecular weight excluding hydrogens is 601 g/mol. The topological polar surface area (TPSA) is 139 Å². The summed E-state index contributed by atoms with van der Waals surface area (Å²) in [5.74, 6) is 0. The second kappa shape index (κ2) is 14.3. The lowest BCUT2D eigenvalue weighted by Crippen LogP contribution is -2.40. The fourth-order valence-corrected chi connectivity index (χ4v) is 6.90. The van der Waals surface area contributed by atoms with Crippen LogP contribution < -0.4 is 15.4 Å². The van der Waals surface area contributed by atoms with Crippen molar-refractivity contribution in [3.05, 3.63) is 90.1 Å². The summed E-state index contributed by atoms with van der Waals surface area (Å²) in [5, 5.41) is 16.2. The summed E-state index contributed by atoms with van der Waals surface area (Å²) in [5.41, 5.74) is 2.74. The Morgan fingerprint density at radius 3 is 2.36 bits per heavy atom. The normalized spacial score (nSPS) is 12.6. The van der Waals surface area contributed by atoms with Crippen molar-refractivity contribution in [2.45, 2.75) is 70.7 Å². The highest BCUT2D eigenvalue weighted by Crippen LogP contribution is 2.36. The van der Waals surface area contributed by atoms with Gasteiger partial charge in [0.2, 0.25) is 16.4 Å². The van der Waals surface area contributed by atoms with E-state index in [4.69, 9.17) is 9.47 Å². The van der Waals surface area contributed by atoms with Gasteiger partial charge in [-0.3, -0.25) is 0 Å². The fraction of sp³-hybridized carbons (Fsp3) is 0.312. The zero-order chi connectivity index (χ0) is 31.9. The molecule has 0 bridgehead atoms. The molecule has 0 fully saturated rings. The molecule has 1 atom stereocenters. The van der Waals surface area contributed by atoms with Gasteiger partial charge in [-0.1, -0.05) is 42.5 Å². The van der Waals surface area contributed by atoms with E-state index < -0.39 is 28.1 Å². The van der Waals surface area contributed by atoms with Crippen molar-refractivity contribution in [2.24, 2.45) is 0 Å². The van der Waals surface area contributed by atoms with E-state index in [9.17, 15) is 18.3 Å². The number of carbonyl (C=O) groups is 1. The van der Waals surface area contributed by atoms with Crippen molar-refractivity contribution in [1.29, 1.82) is 0 Å². The molecule has 1 heterocycles. The highest BCUT2D eigenvalue weighted by Gasteiger charge is 2.26. The van der Waals surface area contributed by atoms with Crippen molar-refractivity contribution in [3.63, 3.8) is 0 Å². The summed E-state index contributed by atoms with van der Waals surface area (Å²) >= 11 is 1.36. The van der Waals surface area contributed by atoms with E-state index in [0.29, 0.717) is 26.7 Å². The second-order valence-corrected chi connectivity index (χ2v) is 14.1. The summed E-state index contributed by atoms with van der Waals surface area (Å²) in [7, 11) is -3.94. The Balaban J connectivity index is 1.54. The molecule has 3 aromatic carbocycles. The molecule has 44 heavy (non-hydrogen) atoms. The van der Waals surface area contributed by atoms with Crippen LogP contribution in [-0.2, 0) is 32.6 Å². The Bertz CT molecular complexity index is 1650. The molecule has 0 saturated heterocycles. The SMILES string of the molecule is CC(C)OC(O)Nc1ccc(-c2ncc(-c3ccc(CNC(=O)OCc4ccccc4)cc3S(=O)(=O)NC(C)(C)C)s2)cc1. The number of rotatable bonds is 12. The Labute approximate surface area is 262 Å². The molecule has 1 unspecified atom stereocenters. The number of amides is 1. The lowest BCUT2D eigenvalue weighted by molar-refractivity contribution is -0.105. The third-order valence-corrected chi connectivity index (χ3v) is 8.90. The van der Waals surface area contributed by atoms with Crippen LogP contribution in [0.2, 0.25) is 0 Å².